The molecule has 1 N–H and O–H groups in total. The van der Waals surface area contributed by atoms with Gasteiger partial charge in [-0.05, 0) is 31.1 Å². The normalized spacial score (nSPS) is 18.8. The maximum Gasteiger partial charge on any atom is 0.218 e. The lowest BCUT2D eigenvalue weighted by atomic mass is 10.1. The fourth-order valence-electron chi connectivity index (χ4n) is 2.52. The molecule has 1 aliphatic heterocycles. The van der Waals surface area contributed by atoms with E-state index in [0.29, 0.717) is 11.6 Å². The second-order valence-electron chi connectivity index (χ2n) is 5.24. The third-order valence-electron chi connectivity index (χ3n) is 3.78. The van der Waals surface area contributed by atoms with Gasteiger partial charge in [-0.2, -0.15) is 0 Å². The van der Waals surface area contributed by atoms with Gasteiger partial charge in [0.05, 0.1) is 0 Å². The first kappa shape index (κ1) is 11.4. The van der Waals surface area contributed by atoms with E-state index in [9.17, 15) is 5.11 Å². The fraction of sp³-hybridized carbons (Fsp3) is 0.267. The van der Waals surface area contributed by atoms with Crippen molar-refractivity contribution >= 4 is 23.7 Å². The highest BCUT2D eigenvalue weighted by molar-refractivity contribution is 6.20. The lowest BCUT2D eigenvalue weighted by Crippen LogP contribution is -1.94. The van der Waals surface area contributed by atoms with E-state index in [0.717, 1.165) is 35.6 Å². The van der Waals surface area contributed by atoms with Crippen molar-refractivity contribution in [3.05, 3.63) is 35.4 Å². The minimum absolute atomic E-state index is 0.213. The maximum atomic E-state index is 10.2. The summed E-state index contributed by atoms with van der Waals surface area (Å²) in [4.78, 5) is 13.0. The first-order chi connectivity index (χ1) is 9.74. The summed E-state index contributed by atoms with van der Waals surface area (Å²) in [6, 6.07) is 3.86. The summed E-state index contributed by atoms with van der Waals surface area (Å²) in [5.41, 5.74) is 2.52. The molecule has 1 fully saturated rings. The number of fused-ring (bicyclic) bond motifs is 1. The molecule has 0 radical (unpaired) electrons. The molecule has 2 aromatic rings. The molecule has 5 heteroatoms. The van der Waals surface area contributed by atoms with E-state index in [1.165, 1.54) is 0 Å². The van der Waals surface area contributed by atoms with Crippen LogP contribution in [0.25, 0.3) is 11.6 Å². The number of allylic oxidation sites excluding steroid dienone is 1. The molecule has 0 spiro atoms. The average Bonchev–Trinajstić information content (AvgIpc) is 3.18. The van der Waals surface area contributed by atoms with Gasteiger partial charge in [-0.25, -0.2) is 15.0 Å². The maximum absolute atomic E-state index is 10.2. The van der Waals surface area contributed by atoms with Gasteiger partial charge in [-0.1, -0.05) is 0 Å². The minimum atomic E-state index is 0.213. The molecule has 0 unspecified atom stereocenters. The zero-order chi connectivity index (χ0) is 13.7. The molecule has 1 aliphatic carbocycles. The Morgan fingerprint density at radius 2 is 2.25 bits per heavy atom. The smallest absolute Gasteiger partial charge is 0.218 e. The van der Waals surface area contributed by atoms with Gasteiger partial charge in [0.2, 0.25) is 5.88 Å². The predicted molar refractivity (Wildman–Crippen MR) is 77.1 cm³/mol. The van der Waals surface area contributed by atoms with Gasteiger partial charge in [-0.15, -0.1) is 0 Å². The molecule has 0 saturated heterocycles. The zero-order valence-corrected chi connectivity index (χ0v) is 11.1. The number of pyridine rings is 1. The summed E-state index contributed by atoms with van der Waals surface area (Å²) < 4.78 is 1.78. The Labute approximate surface area is 116 Å². The van der Waals surface area contributed by atoms with Crippen LogP contribution < -0.4 is 0 Å². The largest absolute Gasteiger partial charge is 0.493 e. The van der Waals surface area contributed by atoms with E-state index in [2.05, 4.69) is 15.0 Å². The van der Waals surface area contributed by atoms with Gasteiger partial charge < -0.3 is 9.67 Å². The van der Waals surface area contributed by atoms with Crippen LogP contribution in [0.5, 0.6) is 5.88 Å². The number of aliphatic imine (C=N–C) groups is 1. The van der Waals surface area contributed by atoms with Crippen LogP contribution in [0, 0.1) is 0 Å². The van der Waals surface area contributed by atoms with Crippen molar-refractivity contribution in [2.24, 2.45) is 12.0 Å². The minimum Gasteiger partial charge on any atom is -0.493 e. The summed E-state index contributed by atoms with van der Waals surface area (Å²) in [5.74, 6) is 2.40. The van der Waals surface area contributed by atoms with E-state index in [-0.39, 0.29) is 5.88 Å². The molecule has 0 atom stereocenters. The molecule has 0 aromatic carbocycles. The Bertz CT molecular complexity index is 753. The van der Waals surface area contributed by atoms with E-state index < -0.39 is 0 Å². The first-order valence-corrected chi connectivity index (χ1v) is 6.71. The van der Waals surface area contributed by atoms with Gasteiger partial charge in [0.1, 0.15) is 11.5 Å². The van der Waals surface area contributed by atoms with E-state index in [1.807, 2.05) is 25.3 Å². The van der Waals surface area contributed by atoms with Gasteiger partial charge >= 0.3 is 0 Å². The number of hydrogen-bond donors (Lipinski definition) is 1. The van der Waals surface area contributed by atoms with E-state index >= 15 is 0 Å². The van der Waals surface area contributed by atoms with Gasteiger partial charge in [0.15, 0.2) is 5.82 Å². The highest BCUT2D eigenvalue weighted by atomic mass is 16.3. The van der Waals surface area contributed by atoms with Crippen molar-refractivity contribution in [3.8, 4) is 5.88 Å². The SMILES string of the molecule is Cn1c(C2CC2)nc(C=C2C=Nc3ncccc32)c1O. The Morgan fingerprint density at radius 3 is 3.05 bits per heavy atom. The lowest BCUT2D eigenvalue weighted by Gasteiger charge is -1.98. The van der Waals surface area contributed by atoms with Crippen molar-refractivity contribution in [1.29, 1.82) is 0 Å². The molecule has 4 rings (SSSR count). The summed E-state index contributed by atoms with van der Waals surface area (Å²) in [7, 11) is 1.86. The number of imidazole rings is 1. The highest BCUT2D eigenvalue weighted by Gasteiger charge is 2.30. The fourth-order valence-corrected chi connectivity index (χ4v) is 2.52. The van der Waals surface area contributed by atoms with Crippen LogP contribution in [-0.2, 0) is 7.05 Å². The Hall–Kier alpha value is -2.43. The molecule has 2 aromatic heterocycles. The van der Waals surface area contributed by atoms with Gasteiger partial charge in [-0.3, -0.25) is 0 Å². The van der Waals surface area contributed by atoms with Crippen molar-refractivity contribution in [2.75, 3.05) is 0 Å². The van der Waals surface area contributed by atoms with E-state index in [1.54, 1.807) is 17.0 Å². The molecule has 3 heterocycles. The van der Waals surface area contributed by atoms with Gasteiger partial charge in [0, 0.05) is 36.5 Å². The number of hydrogen-bond acceptors (Lipinski definition) is 4. The van der Waals surface area contributed by atoms with Crippen LogP contribution in [0.3, 0.4) is 0 Å². The number of aromatic hydroxyl groups is 1. The summed E-state index contributed by atoms with van der Waals surface area (Å²) in [6.45, 7) is 0. The standard InChI is InChI=1S/C15H14N4O/c1-19-14(9-4-5-9)18-12(15(19)20)7-10-8-17-13-11(10)3-2-6-16-13/h2-3,6-9,20H,4-5H2,1H3. The number of nitrogens with zero attached hydrogens (tertiary/aromatic N) is 4. The third-order valence-corrected chi connectivity index (χ3v) is 3.78. The van der Waals surface area contributed by atoms with E-state index in [4.69, 9.17) is 0 Å². The van der Waals surface area contributed by atoms with Crippen LogP contribution in [0.15, 0.2) is 23.3 Å². The topological polar surface area (TPSA) is 63.3 Å². The zero-order valence-electron chi connectivity index (χ0n) is 11.1. The quantitative estimate of drug-likeness (QED) is 0.908. The Kier molecular flexibility index (Phi) is 2.30. The Morgan fingerprint density at radius 1 is 1.40 bits per heavy atom. The monoisotopic (exact) mass is 266 g/mol. The van der Waals surface area contributed by atoms with Crippen LogP contribution in [0.2, 0.25) is 0 Å². The number of aromatic nitrogens is 3. The Balaban J connectivity index is 1.78. The van der Waals surface area contributed by atoms with Crippen molar-refractivity contribution in [1.82, 2.24) is 14.5 Å². The van der Waals surface area contributed by atoms with Crippen LogP contribution in [0.4, 0.5) is 5.82 Å². The molecule has 20 heavy (non-hydrogen) atoms. The third kappa shape index (κ3) is 1.66. The molecule has 1 saturated carbocycles. The lowest BCUT2D eigenvalue weighted by molar-refractivity contribution is 0.427. The van der Waals surface area contributed by atoms with Gasteiger partial charge in [0.25, 0.3) is 0 Å². The molecule has 0 bridgehead atoms. The van der Waals surface area contributed by atoms with Crippen LogP contribution in [0.1, 0.15) is 35.8 Å². The molecule has 100 valence electrons. The highest BCUT2D eigenvalue weighted by Crippen LogP contribution is 2.41. The molecule has 5 nitrogen and oxygen atoms in total. The van der Waals surface area contributed by atoms with Crippen LogP contribution >= 0.6 is 0 Å². The molecular formula is C15H14N4O. The van der Waals surface area contributed by atoms with Crippen molar-refractivity contribution in [2.45, 2.75) is 18.8 Å². The van der Waals surface area contributed by atoms with Crippen molar-refractivity contribution in [3.63, 3.8) is 0 Å². The summed E-state index contributed by atoms with van der Waals surface area (Å²) in [5, 5.41) is 10.2. The first-order valence-electron chi connectivity index (χ1n) is 6.71. The average molecular weight is 266 g/mol. The second kappa shape index (κ2) is 4.03. The second-order valence-corrected chi connectivity index (χ2v) is 5.24. The van der Waals surface area contributed by atoms with Crippen molar-refractivity contribution < 1.29 is 5.11 Å². The summed E-state index contributed by atoms with van der Waals surface area (Å²) in [6.07, 6.45) is 7.69. The molecule has 0 amide bonds. The molecular weight excluding hydrogens is 252 g/mol. The number of rotatable bonds is 2. The molecule has 2 aliphatic rings. The van der Waals surface area contributed by atoms with Crippen LogP contribution in [-0.4, -0.2) is 25.9 Å². The predicted octanol–water partition coefficient (Wildman–Crippen LogP) is 2.65. The summed E-state index contributed by atoms with van der Waals surface area (Å²) >= 11 is 0.